The van der Waals surface area contributed by atoms with Gasteiger partial charge in [0, 0.05) is 23.9 Å². The van der Waals surface area contributed by atoms with Gasteiger partial charge in [0.15, 0.2) is 0 Å². The van der Waals surface area contributed by atoms with Crippen molar-refractivity contribution >= 4 is 42.1 Å². The molecule has 2 atom stereocenters. The van der Waals surface area contributed by atoms with Crippen LogP contribution in [0.5, 0.6) is 0 Å². The molecule has 0 spiro atoms. The van der Waals surface area contributed by atoms with E-state index >= 15 is 0 Å². The molecule has 3 aliphatic rings. The molecule has 2 fully saturated rings. The highest BCUT2D eigenvalue weighted by Gasteiger charge is 2.41. The Labute approximate surface area is 173 Å². The van der Waals surface area contributed by atoms with Crippen molar-refractivity contribution in [2.24, 2.45) is 23.5 Å². The van der Waals surface area contributed by atoms with E-state index < -0.39 is 0 Å². The van der Waals surface area contributed by atoms with Crippen LogP contribution in [0.15, 0.2) is 0 Å². The molecule has 2 unspecified atom stereocenters. The molecule has 1 amide bonds. The smallest absolute Gasteiger partial charge is 0.225 e. The summed E-state index contributed by atoms with van der Waals surface area (Å²) < 4.78 is 0. The summed E-state index contributed by atoms with van der Waals surface area (Å²) in [6, 6.07) is 0.332. The van der Waals surface area contributed by atoms with E-state index in [1.165, 1.54) is 49.1 Å². The number of thiazole rings is 1. The number of aryl methyl sites for hydroxylation is 2. The Bertz CT molecular complexity index is 586. The van der Waals surface area contributed by atoms with Crippen molar-refractivity contribution in [3.63, 3.8) is 0 Å². The Hall–Kier alpha value is -0.360. The zero-order valence-electron chi connectivity index (χ0n) is 15.5. The molecule has 1 aromatic rings. The fourth-order valence-electron chi connectivity index (χ4n) is 5.06. The molecule has 148 valence electrons. The predicted octanol–water partition coefficient (Wildman–Crippen LogP) is 3.98. The first-order valence-electron chi connectivity index (χ1n) is 9.60. The molecule has 0 aromatic carbocycles. The molecule has 2 saturated carbocycles. The van der Waals surface area contributed by atoms with Gasteiger partial charge in [0.05, 0.1) is 12.2 Å². The molecular formula is C19H31Cl2N3OS. The van der Waals surface area contributed by atoms with Crippen molar-refractivity contribution in [3.8, 4) is 0 Å². The summed E-state index contributed by atoms with van der Waals surface area (Å²) in [6.07, 6.45) is 10.6. The molecule has 1 aromatic heterocycles. The van der Waals surface area contributed by atoms with Gasteiger partial charge in [-0.2, -0.15) is 0 Å². The first-order chi connectivity index (χ1) is 11.6. The molecule has 2 bridgehead atoms. The summed E-state index contributed by atoms with van der Waals surface area (Å²) in [5.74, 6) is 1.62. The van der Waals surface area contributed by atoms with Crippen LogP contribution in [-0.4, -0.2) is 28.9 Å². The van der Waals surface area contributed by atoms with Gasteiger partial charge in [-0.1, -0.05) is 6.42 Å². The molecule has 0 aliphatic heterocycles. The lowest BCUT2D eigenvalue weighted by molar-refractivity contribution is -0.137. The Morgan fingerprint density at radius 3 is 2.46 bits per heavy atom. The maximum absolute atomic E-state index is 12.9. The molecule has 3 aliphatic carbocycles. The van der Waals surface area contributed by atoms with Crippen LogP contribution in [0.3, 0.4) is 0 Å². The molecule has 4 nitrogen and oxygen atoms in total. The van der Waals surface area contributed by atoms with Crippen LogP contribution in [0.1, 0.15) is 60.5 Å². The van der Waals surface area contributed by atoms with Crippen molar-refractivity contribution in [1.82, 2.24) is 9.88 Å². The van der Waals surface area contributed by atoms with Crippen LogP contribution < -0.4 is 5.73 Å². The Kier molecular flexibility index (Phi) is 7.78. The van der Waals surface area contributed by atoms with Crippen molar-refractivity contribution in [3.05, 3.63) is 15.6 Å². The molecule has 0 radical (unpaired) electrons. The quantitative estimate of drug-likeness (QED) is 0.805. The van der Waals surface area contributed by atoms with Gasteiger partial charge in [-0.3, -0.25) is 4.79 Å². The summed E-state index contributed by atoms with van der Waals surface area (Å²) in [6.45, 7) is 0.675. The van der Waals surface area contributed by atoms with Gasteiger partial charge in [0.1, 0.15) is 5.01 Å². The van der Waals surface area contributed by atoms with Crippen LogP contribution in [0.25, 0.3) is 0 Å². The second kappa shape index (κ2) is 9.22. The van der Waals surface area contributed by atoms with Crippen LogP contribution in [0.4, 0.5) is 0 Å². The fourth-order valence-corrected chi connectivity index (χ4v) is 6.27. The zero-order chi connectivity index (χ0) is 16.7. The first kappa shape index (κ1) is 21.9. The van der Waals surface area contributed by atoms with E-state index in [1.54, 1.807) is 0 Å². The van der Waals surface area contributed by atoms with Crippen LogP contribution in [0.2, 0.25) is 0 Å². The minimum Gasteiger partial charge on any atom is -0.339 e. The molecule has 0 saturated heterocycles. The Morgan fingerprint density at radius 2 is 1.81 bits per heavy atom. The van der Waals surface area contributed by atoms with E-state index in [0.717, 1.165) is 24.3 Å². The van der Waals surface area contributed by atoms with Crippen molar-refractivity contribution < 1.29 is 4.79 Å². The highest BCUT2D eigenvalue weighted by Crippen LogP contribution is 2.42. The van der Waals surface area contributed by atoms with Crippen LogP contribution in [-0.2, 0) is 24.2 Å². The van der Waals surface area contributed by atoms with Crippen LogP contribution in [0, 0.1) is 17.8 Å². The minimum absolute atomic E-state index is 0. The number of aromatic nitrogens is 1. The van der Waals surface area contributed by atoms with Crippen molar-refractivity contribution in [2.45, 2.75) is 70.4 Å². The maximum Gasteiger partial charge on any atom is 0.225 e. The largest absolute Gasteiger partial charge is 0.339 e. The third kappa shape index (κ3) is 4.37. The molecule has 7 heteroatoms. The number of nitrogens with zero attached hydrogens (tertiary/aromatic N) is 2. The number of rotatable bonds is 3. The second-order valence-corrected chi connectivity index (χ2v) is 9.24. The number of fused-ring (bicyclic) bond motifs is 3. The van der Waals surface area contributed by atoms with Gasteiger partial charge in [-0.05, 0) is 63.2 Å². The predicted molar refractivity (Wildman–Crippen MR) is 111 cm³/mol. The SMILES string of the molecule is CN(Cc1nc2c(s1)CCCC2)C(=O)C1CC2CCCC(C1)C2N.Cl.Cl. The number of halogens is 2. The van der Waals surface area contributed by atoms with Gasteiger partial charge in [-0.25, -0.2) is 4.98 Å². The van der Waals surface area contributed by atoms with Crippen LogP contribution >= 0.6 is 36.2 Å². The van der Waals surface area contributed by atoms with Gasteiger partial charge in [-0.15, -0.1) is 36.2 Å². The molecular weight excluding hydrogens is 389 g/mol. The van der Waals surface area contributed by atoms with E-state index in [9.17, 15) is 4.79 Å². The van der Waals surface area contributed by atoms with E-state index in [1.807, 2.05) is 23.3 Å². The lowest BCUT2D eigenvalue weighted by Crippen LogP contribution is -2.49. The normalized spacial score (nSPS) is 29.8. The molecule has 1 heterocycles. The average molecular weight is 420 g/mol. The lowest BCUT2D eigenvalue weighted by atomic mass is 9.65. The fraction of sp³-hybridized carbons (Fsp3) is 0.789. The van der Waals surface area contributed by atoms with Gasteiger partial charge < -0.3 is 10.6 Å². The highest BCUT2D eigenvalue weighted by molar-refractivity contribution is 7.11. The van der Waals surface area contributed by atoms with Gasteiger partial charge in [0.25, 0.3) is 0 Å². The number of nitrogens with two attached hydrogens (primary N) is 1. The van der Waals surface area contributed by atoms with E-state index in [4.69, 9.17) is 10.7 Å². The van der Waals surface area contributed by atoms with E-state index in [-0.39, 0.29) is 30.7 Å². The molecule has 26 heavy (non-hydrogen) atoms. The highest BCUT2D eigenvalue weighted by atomic mass is 35.5. The summed E-state index contributed by atoms with van der Waals surface area (Å²) in [4.78, 5) is 21.1. The average Bonchev–Trinajstić information content (AvgIpc) is 2.96. The zero-order valence-corrected chi connectivity index (χ0v) is 17.9. The first-order valence-corrected chi connectivity index (χ1v) is 10.4. The number of amides is 1. The number of carbonyl (C=O) groups is 1. The molecule has 4 rings (SSSR count). The third-order valence-electron chi connectivity index (χ3n) is 6.40. The van der Waals surface area contributed by atoms with Gasteiger partial charge >= 0.3 is 0 Å². The Balaban J connectivity index is 0.00000121. The number of hydrogen-bond acceptors (Lipinski definition) is 4. The summed E-state index contributed by atoms with van der Waals surface area (Å²) >= 11 is 1.82. The summed E-state index contributed by atoms with van der Waals surface area (Å²) in [5, 5.41) is 1.12. The number of hydrogen-bond donors (Lipinski definition) is 1. The summed E-state index contributed by atoms with van der Waals surface area (Å²) in [7, 11) is 1.95. The van der Waals surface area contributed by atoms with Gasteiger partial charge in [0.2, 0.25) is 5.91 Å². The minimum atomic E-state index is 0. The third-order valence-corrected chi connectivity index (χ3v) is 7.54. The Morgan fingerprint density at radius 1 is 1.15 bits per heavy atom. The second-order valence-electron chi connectivity index (χ2n) is 8.08. The maximum atomic E-state index is 12.9. The van der Waals surface area contributed by atoms with E-state index in [2.05, 4.69) is 0 Å². The van der Waals surface area contributed by atoms with Crippen molar-refractivity contribution in [1.29, 1.82) is 0 Å². The van der Waals surface area contributed by atoms with E-state index in [0.29, 0.717) is 30.3 Å². The molecule has 2 N–H and O–H groups in total. The summed E-state index contributed by atoms with van der Waals surface area (Å²) in [5.41, 5.74) is 7.66. The number of carbonyl (C=O) groups excluding carboxylic acids is 1. The topological polar surface area (TPSA) is 59.2 Å². The van der Waals surface area contributed by atoms with Crippen molar-refractivity contribution in [2.75, 3.05) is 7.05 Å². The lowest BCUT2D eigenvalue weighted by Gasteiger charge is -2.44. The monoisotopic (exact) mass is 419 g/mol. The standard InChI is InChI=1S/C19H29N3OS.2ClH/c1-22(11-17-21-15-7-2-3-8-16(15)24-17)19(23)14-9-12-5-4-6-13(10-14)18(12)20;;/h12-14,18H,2-11,20H2,1H3;2*1H.